The van der Waals surface area contributed by atoms with Gasteiger partial charge in [-0.25, -0.2) is 13.2 Å². The second-order valence-electron chi connectivity index (χ2n) is 3.44. The molecule has 122 valence electrons. The molecule has 23 heavy (non-hydrogen) atoms. The van der Waals surface area contributed by atoms with Crippen LogP contribution in [0.4, 0.5) is 22.0 Å². The summed E-state index contributed by atoms with van der Waals surface area (Å²) in [6.07, 6.45) is -1.29. The van der Waals surface area contributed by atoms with Gasteiger partial charge in [0.1, 0.15) is 12.8 Å². The highest BCUT2D eigenvalue weighted by Gasteiger charge is 2.28. The number of carbonyl (C=O) groups is 2. The Morgan fingerprint density at radius 3 is 1.57 bits per heavy atom. The second kappa shape index (κ2) is 8.94. The molecule has 0 heterocycles. The molecule has 0 atom stereocenters. The molecule has 0 spiro atoms. The second-order valence-corrected chi connectivity index (χ2v) is 3.44. The van der Waals surface area contributed by atoms with Crippen molar-refractivity contribution in [3.05, 3.63) is 29.1 Å². The van der Waals surface area contributed by atoms with Gasteiger partial charge in [0.25, 0.3) is 0 Å². The van der Waals surface area contributed by atoms with Crippen LogP contribution in [0.15, 0.2) is 0 Å². The quantitative estimate of drug-likeness (QED) is 0.298. The molecule has 0 aliphatic heterocycles. The van der Waals surface area contributed by atoms with E-state index in [4.69, 9.17) is 15.6 Å². The van der Waals surface area contributed by atoms with Crippen LogP contribution in [0.3, 0.4) is 0 Å². The summed E-state index contributed by atoms with van der Waals surface area (Å²) in [5.74, 6) is -15.6. The molecule has 0 aromatic heterocycles. The van der Waals surface area contributed by atoms with Crippen LogP contribution >= 0.6 is 0 Å². The first-order valence-corrected chi connectivity index (χ1v) is 5.35. The van der Waals surface area contributed by atoms with Gasteiger partial charge < -0.3 is 9.84 Å². The minimum atomic E-state index is -2.36. The molecule has 1 N–H and O–H groups in total. The summed E-state index contributed by atoms with van der Waals surface area (Å²) in [5.41, 5.74) is 0. The van der Waals surface area contributed by atoms with Crippen LogP contribution in [0, 0.1) is 51.7 Å². The van der Waals surface area contributed by atoms with Crippen LogP contribution in [-0.2, 0) is 9.59 Å². The van der Waals surface area contributed by atoms with E-state index in [1.807, 2.05) is 0 Å². The summed E-state index contributed by atoms with van der Waals surface area (Å²) in [7, 11) is 0. The first kappa shape index (κ1) is 19.8. The van der Waals surface area contributed by atoms with Gasteiger partial charge in [-0.05, 0) is 0 Å². The molecule has 0 fully saturated rings. The lowest BCUT2D eigenvalue weighted by atomic mass is 10.2. The number of hydrogen-bond acceptors (Lipinski definition) is 5. The Hall–Kier alpha value is -3.21. The van der Waals surface area contributed by atoms with Gasteiger partial charge >= 0.3 is 11.9 Å². The maximum Gasteiger partial charge on any atom is 0.325 e. The lowest BCUT2D eigenvalue weighted by Crippen LogP contribution is -2.12. The van der Waals surface area contributed by atoms with Crippen molar-refractivity contribution in [2.45, 2.75) is 12.8 Å². The third-order valence-corrected chi connectivity index (χ3v) is 1.84. The summed E-state index contributed by atoms with van der Waals surface area (Å²) < 4.78 is 67.5. The number of aliphatic carboxylic acids is 1. The summed E-state index contributed by atoms with van der Waals surface area (Å²) in [6, 6.07) is 2.75. The van der Waals surface area contributed by atoms with Crippen molar-refractivity contribution in [2.24, 2.45) is 0 Å². The molecule has 1 rings (SSSR count). The Bertz CT molecular complexity index is 680. The zero-order chi connectivity index (χ0) is 18.2. The minimum absolute atomic E-state index is 0.403. The number of carboxylic acid groups (broad SMARTS) is 1. The number of nitrogens with zero attached hydrogens (tertiary/aromatic N) is 2. The zero-order valence-electron chi connectivity index (χ0n) is 10.9. The predicted octanol–water partition coefficient (Wildman–Crippen LogP) is 2.19. The van der Waals surface area contributed by atoms with Crippen LogP contribution in [-0.4, -0.2) is 17.0 Å². The maximum absolute atomic E-state index is 12.9. The van der Waals surface area contributed by atoms with E-state index in [-0.39, 0.29) is 0 Å². The van der Waals surface area contributed by atoms with E-state index in [1.54, 1.807) is 0 Å². The van der Waals surface area contributed by atoms with Crippen LogP contribution in [0.25, 0.3) is 0 Å². The van der Waals surface area contributed by atoms with E-state index in [0.29, 0.717) is 0 Å². The number of carboxylic acids is 1. The molecular weight excluding hydrogens is 331 g/mol. The Morgan fingerprint density at radius 2 is 1.26 bits per heavy atom. The average molecular weight is 336 g/mol. The maximum atomic E-state index is 12.9. The summed E-state index contributed by atoms with van der Waals surface area (Å²) in [6.45, 7) is 0. The highest BCUT2D eigenvalue weighted by atomic mass is 19.2. The number of rotatable bonds is 3. The molecule has 0 saturated heterocycles. The van der Waals surface area contributed by atoms with Crippen LogP contribution in [0.5, 0.6) is 5.75 Å². The van der Waals surface area contributed by atoms with Gasteiger partial charge in [0, 0.05) is 0 Å². The normalized spacial score (nSPS) is 9.00. The van der Waals surface area contributed by atoms with Gasteiger partial charge in [-0.15, -0.1) is 0 Å². The van der Waals surface area contributed by atoms with E-state index < -0.39 is 59.6 Å². The third kappa shape index (κ3) is 5.59. The van der Waals surface area contributed by atoms with E-state index in [1.165, 1.54) is 12.1 Å². The Kier molecular flexibility index (Phi) is 7.69. The number of ether oxygens (including phenoxy) is 1. The van der Waals surface area contributed by atoms with Crippen molar-refractivity contribution in [3.63, 3.8) is 0 Å². The van der Waals surface area contributed by atoms with Crippen molar-refractivity contribution < 1.29 is 41.4 Å². The highest BCUT2D eigenvalue weighted by Crippen LogP contribution is 2.29. The van der Waals surface area contributed by atoms with E-state index in [0.717, 1.165) is 0 Å². The van der Waals surface area contributed by atoms with Gasteiger partial charge in [-0.3, -0.25) is 9.59 Å². The zero-order valence-corrected chi connectivity index (χ0v) is 10.9. The summed E-state index contributed by atoms with van der Waals surface area (Å²) in [5, 5.41) is 23.4. The van der Waals surface area contributed by atoms with Crippen LogP contribution < -0.4 is 4.74 Å². The molecule has 0 amide bonds. The SMILES string of the molecule is N#CCC(=O)O.N#CCC(=O)Oc1c(F)c(F)c(F)c(F)c1F. The van der Waals surface area contributed by atoms with Crippen molar-refractivity contribution in [1.82, 2.24) is 0 Å². The van der Waals surface area contributed by atoms with Gasteiger partial charge in [0.05, 0.1) is 12.1 Å². The van der Waals surface area contributed by atoms with Crippen molar-refractivity contribution in [1.29, 1.82) is 10.5 Å². The molecule has 1 aromatic carbocycles. The van der Waals surface area contributed by atoms with Crippen LogP contribution in [0.1, 0.15) is 12.8 Å². The number of hydrogen-bond donors (Lipinski definition) is 1. The van der Waals surface area contributed by atoms with Crippen LogP contribution in [0.2, 0.25) is 0 Å². The van der Waals surface area contributed by atoms with E-state index in [2.05, 4.69) is 4.74 Å². The summed E-state index contributed by atoms with van der Waals surface area (Å²) >= 11 is 0. The molecule has 0 saturated carbocycles. The predicted molar refractivity (Wildman–Crippen MR) is 60.0 cm³/mol. The standard InChI is InChI=1S/C9H2F5NO2.C3H3NO2/c10-4-5(11)7(13)9(8(14)6(4)12)17-3(16)1-2-15;4-2-1-3(5)6/h1H2;1H2,(H,5,6). The number of carbonyl (C=O) groups excluding carboxylic acids is 1. The molecule has 6 nitrogen and oxygen atoms in total. The lowest BCUT2D eigenvalue weighted by Gasteiger charge is -2.07. The average Bonchev–Trinajstić information content (AvgIpc) is 2.48. The molecule has 0 aliphatic rings. The van der Waals surface area contributed by atoms with Crippen molar-refractivity contribution >= 4 is 11.9 Å². The first-order chi connectivity index (χ1) is 10.7. The largest absolute Gasteiger partial charge is 0.480 e. The molecule has 11 heteroatoms. The van der Waals surface area contributed by atoms with Crippen molar-refractivity contribution in [2.75, 3.05) is 0 Å². The lowest BCUT2D eigenvalue weighted by molar-refractivity contribution is -0.136. The topological polar surface area (TPSA) is 111 Å². The summed E-state index contributed by atoms with van der Waals surface area (Å²) in [4.78, 5) is 20.1. The first-order valence-electron chi connectivity index (χ1n) is 5.35. The number of benzene rings is 1. The fourth-order valence-corrected chi connectivity index (χ4v) is 0.956. The molecule has 0 unspecified atom stereocenters. The number of nitriles is 2. The Labute approximate surface area is 124 Å². The highest BCUT2D eigenvalue weighted by molar-refractivity contribution is 5.74. The van der Waals surface area contributed by atoms with E-state index in [9.17, 15) is 31.5 Å². The number of esters is 1. The Morgan fingerprint density at radius 1 is 0.870 bits per heavy atom. The van der Waals surface area contributed by atoms with Gasteiger partial charge in [0.2, 0.25) is 34.8 Å². The third-order valence-electron chi connectivity index (χ3n) is 1.84. The van der Waals surface area contributed by atoms with Gasteiger partial charge in [0.15, 0.2) is 0 Å². The minimum Gasteiger partial charge on any atom is -0.480 e. The van der Waals surface area contributed by atoms with E-state index >= 15 is 0 Å². The molecule has 1 aromatic rings. The monoisotopic (exact) mass is 336 g/mol. The Balaban J connectivity index is 0.000000688. The molecule has 0 bridgehead atoms. The van der Waals surface area contributed by atoms with Gasteiger partial charge in [-0.2, -0.15) is 19.3 Å². The fourth-order valence-electron chi connectivity index (χ4n) is 0.956. The van der Waals surface area contributed by atoms with Crippen molar-refractivity contribution in [3.8, 4) is 17.9 Å². The van der Waals surface area contributed by atoms with Gasteiger partial charge in [-0.1, -0.05) is 0 Å². The molecule has 0 aliphatic carbocycles. The molecular formula is C12H5F5N2O4. The molecule has 0 radical (unpaired) electrons. The fraction of sp³-hybridized carbons (Fsp3) is 0.167. The number of halogens is 5. The smallest absolute Gasteiger partial charge is 0.325 e.